The molecular formula is C25H26N4O3. The lowest BCUT2D eigenvalue weighted by molar-refractivity contribution is 0.0945. The number of pyridine rings is 1. The summed E-state index contributed by atoms with van der Waals surface area (Å²) in [5.41, 5.74) is 1.26. The topological polar surface area (TPSA) is 83.6 Å². The van der Waals surface area contributed by atoms with Crippen molar-refractivity contribution < 1.29 is 14.3 Å². The molecule has 1 aromatic heterocycles. The van der Waals surface area contributed by atoms with Crippen molar-refractivity contribution in [2.45, 2.75) is 25.5 Å². The number of carbonyl (C=O) groups is 2. The molecule has 0 bridgehead atoms. The van der Waals surface area contributed by atoms with Crippen LogP contribution in [-0.2, 0) is 6.54 Å². The minimum absolute atomic E-state index is 0.0937. The van der Waals surface area contributed by atoms with E-state index in [1.807, 2.05) is 60.7 Å². The maximum Gasteiger partial charge on any atom is 0.323 e. The maximum atomic E-state index is 12.7. The van der Waals surface area contributed by atoms with E-state index in [-0.39, 0.29) is 23.7 Å². The number of urea groups is 1. The van der Waals surface area contributed by atoms with Crippen LogP contribution in [0.1, 0.15) is 28.9 Å². The number of likely N-dealkylation sites (tertiary alicyclic amines) is 1. The molecule has 0 spiro atoms. The van der Waals surface area contributed by atoms with Crippen LogP contribution in [0.4, 0.5) is 10.6 Å². The Hall–Kier alpha value is -3.87. The molecule has 32 heavy (non-hydrogen) atoms. The van der Waals surface area contributed by atoms with Gasteiger partial charge in [0.05, 0.1) is 0 Å². The number of para-hydroxylation sites is 1. The van der Waals surface area contributed by atoms with Crippen LogP contribution in [0.15, 0.2) is 78.9 Å². The fourth-order valence-corrected chi connectivity index (χ4v) is 3.56. The van der Waals surface area contributed by atoms with E-state index in [4.69, 9.17) is 4.74 Å². The summed E-state index contributed by atoms with van der Waals surface area (Å²) in [7, 11) is 0. The second-order valence-corrected chi connectivity index (χ2v) is 7.62. The summed E-state index contributed by atoms with van der Waals surface area (Å²) < 4.78 is 5.98. The number of amides is 3. The Bertz CT molecular complexity index is 1040. The van der Waals surface area contributed by atoms with Crippen LogP contribution in [-0.4, -0.2) is 41.0 Å². The second kappa shape index (κ2) is 10.4. The summed E-state index contributed by atoms with van der Waals surface area (Å²) in [6, 6.07) is 24.2. The molecule has 2 N–H and O–H groups in total. The van der Waals surface area contributed by atoms with Crippen LogP contribution in [0.25, 0.3) is 0 Å². The molecule has 0 radical (unpaired) electrons. The summed E-state index contributed by atoms with van der Waals surface area (Å²) in [6.45, 7) is 1.61. The molecule has 0 atom stereocenters. The molecule has 1 aliphatic rings. The quantitative estimate of drug-likeness (QED) is 0.617. The molecule has 4 rings (SSSR count). The Morgan fingerprint density at radius 1 is 0.906 bits per heavy atom. The highest BCUT2D eigenvalue weighted by atomic mass is 16.5. The molecule has 0 saturated carbocycles. The van der Waals surface area contributed by atoms with Gasteiger partial charge in [0.1, 0.15) is 23.4 Å². The Kier molecular flexibility index (Phi) is 6.97. The third kappa shape index (κ3) is 5.85. The van der Waals surface area contributed by atoms with Crippen molar-refractivity contribution in [3.63, 3.8) is 0 Å². The molecule has 2 aromatic carbocycles. The first-order valence-electron chi connectivity index (χ1n) is 10.7. The molecular weight excluding hydrogens is 404 g/mol. The van der Waals surface area contributed by atoms with Crippen LogP contribution in [0.3, 0.4) is 0 Å². The number of anilines is 1. The van der Waals surface area contributed by atoms with Crippen LogP contribution in [0, 0.1) is 0 Å². The standard InChI is InChI=1S/C25H26N4O3/c30-24(26-18-19-8-3-1-4-9-19)22-12-7-13-23(27-22)28-25(31)29-16-14-21(15-17-29)32-20-10-5-2-6-11-20/h1-13,21H,14-18H2,(H,26,30)(H,27,28,31). The number of rotatable bonds is 6. The lowest BCUT2D eigenvalue weighted by Crippen LogP contribution is -2.43. The number of nitrogens with zero attached hydrogens (tertiary/aromatic N) is 2. The number of piperidine rings is 1. The van der Waals surface area contributed by atoms with E-state index in [0.29, 0.717) is 25.5 Å². The van der Waals surface area contributed by atoms with E-state index in [0.717, 1.165) is 24.2 Å². The Morgan fingerprint density at radius 3 is 2.31 bits per heavy atom. The molecule has 0 aliphatic carbocycles. The van der Waals surface area contributed by atoms with Gasteiger partial charge in [-0.05, 0) is 29.8 Å². The largest absolute Gasteiger partial charge is 0.490 e. The first-order valence-corrected chi connectivity index (χ1v) is 10.7. The van der Waals surface area contributed by atoms with E-state index in [1.54, 1.807) is 23.1 Å². The van der Waals surface area contributed by atoms with Crippen molar-refractivity contribution in [3.05, 3.63) is 90.1 Å². The van der Waals surface area contributed by atoms with Gasteiger partial charge in [-0.15, -0.1) is 0 Å². The molecule has 7 nitrogen and oxygen atoms in total. The minimum atomic E-state index is -0.288. The fraction of sp³-hybridized carbons (Fsp3) is 0.240. The number of hydrogen-bond donors (Lipinski definition) is 2. The zero-order valence-electron chi connectivity index (χ0n) is 17.7. The van der Waals surface area contributed by atoms with Gasteiger partial charge in [0.2, 0.25) is 0 Å². The third-order valence-electron chi connectivity index (χ3n) is 5.29. The number of benzene rings is 2. The molecule has 3 amide bonds. The van der Waals surface area contributed by atoms with Gasteiger partial charge < -0.3 is 15.0 Å². The average molecular weight is 431 g/mol. The van der Waals surface area contributed by atoms with E-state index >= 15 is 0 Å². The Balaban J connectivity index is 1.27. The monoisotopic (exact) mass is 430 g/mol. The van der Waals surface area contributed by atoms with Crippen molar-refractivity contribution >= 4 is 17.8 Å². The lowest BCUT2D eigenvalue weighted by atomic mass is 10.1. The molecule has 1 fully saturated rings. The smallest absolute Gasteiger partial charge is 0.323 e. The summed E-state index contributed by atoms with van der Waals surface area (Å²) in [4.78, 5) is 31.1. The Morgan fingerprint density at radius 2 is 1.59 bits per heavy atom. The number of hydrogen-bond acceptors (Lipinski definition) is 4. The molecule has 2 heterocycles. The highest BCUT2D eigenvalue weighted by Gasteiger charge is 2.24. The predicted molar refractivity (Wildman–Crippen MR) is 123 cm³/mol. The number of ether oxygens (including phenoxy) is 1. The van der Waals surface area contributed by atoms with Crippen LogP contribution in [0.5, 0.6) is 5.75 Å². The summed E-state index contributed by atoms with van der Waals surface area (Å²) in [5.74, 6) is 0.913. The van der Waals surface area contributed by atoms with Crippen molar-refractivity contribution in [3.8, 4) is 5.75 Å². The highest BCUT2D eigenvalue weighted by Crippen LogP contribution is 2.19. The van der Waals surface area contributed by atoms with E-state index in [2.05, 4.69) is 15.6 Å². The van der Waals surface area contributed by atoms with Gasteiger partial charge in [-0.25, -0.2) is 9.78 Å². The zero-order valence-corrected chi connectivity index (χ0v) is 17.7. The van der Waals surface area contributed by atoms with E-state index in [9.17, 15) is 9.59 Å². The summed E-state index contributed by atoms with van der Waals surface area (Å²) >= 11 is 0. The van der Waals surface area contributed by atoms with Crippen molar-refractivity contribution in [2.75, 3.05) is 18.4 Å². The van der Waals surface area contributed by atoms with Crippen LogP contribution >= 0.6 is 0 Å². The first-order chi connectivity index (χ1) is 15.7. The van der Waals surface area contributed by atoms with Gasteiger partial charge in [-0.1, -0.05) is 54.6 Å². The highest BCUT2D eigenvalue weighted by molar-refractivity contribution is 5.93. The molecule has 3 aromatic rings. The molecule has 164 valence electrons. The maximum absolute atomic E-state index is 12.7. The molecule has 1 aliphatic heterocycles. The normalized spacial score (nSPS) is 13.9. The average Bonchev–Trinajstić information content (AvgIpc) is 2.84. The minimum Gasteiger partial charge on any atom is -0.490 e. The molecule has 1 saturated heterocycles. The van der Waals surface area contributed by atoms with E-state index < -0.39 is 0 Å². The SMILES string of the molecule is O=C(NCc1ccccc1)c1cccc(NC(=O)N2CCC(Oc3ccccc3)CC2)n1. The van der Waals surface area contributed by atoms with Gasteiger partial charge in [0, 0.05) is 32.5 Å². The fourth-order valence-electron chi connectivity index (χ4n) is 3.56. The van der Waals surface area contributed by atoms with Gasteiger partial charge in [-0.3, -0.25) is 10.1 Å². The second-order valence-electron chi connectivity index (χ2n) is 7.62. The van der Waals surface area contributed by atoms with Gasteiger partial charge in [0.25, 0.3) is 5.91 Å². The van der Waals surface area contributed by atoms with Crippen molar-refractivity contribution in [1.29, 1.82) is 0 Å². The first kappa shape index (κ1) is 21.4. The molecule has 0 unspecified atom stereocenters. The number of aromatic nitrogens is 1. The Labute approximate surface area is 187 Å². The van der Waals surface area contributed by atoms with Gasteiger partial charge >= 0.3 is 6.03 Å². The van der Waals surface area contributed by atoms with E-state index in [1.165, 1.54) is 0 Å². The third-order valence-corrected chi connectivity index (χ3v) is 5.29. The van der Waals surface area contributed by atoms with Crippen LogP contribution < -0.4 is 15.4 Å². The molecule has 7 heteroatoms. The van der Waals surface area contributed by atoms with Gasteiger partial charge in [0.15, 0.2) is 0 Å². The van der Waals surface area contributed by atoms with Crippen molar-refractivity contribution in [2.24, 2.45) is 0 Å². The lowest BCUT2D eigenvalue weighted by Gasteiger charge is -2.32. The number of carbonyl (C=O) groups excluding carboxylic acids is 2. The van der Waals surface area contributed by atoms with Crippen molar-refractivity contribution in [1.82, 2.24) is 15.2 Å². The predicted octanol–water partition coefficient (Wildman–Crippen LogP) is 4.09. The van der Waals surface area contributed by atoms with Gasteiger partial charge in [-0.2, -0.15) is 0 Å². The number of nitrogens with one attached hydrogen (secondary N) is 2. The summed E-state index contributed by atoms with van der Waals surface area (Å²) in [6.07, 6.45) is 1.62. The van der Waals surface area contributed by atoms with Crippen LogP contribution in [0.2, 0.25) is 0 Å². The zero-order chi connectivity index (χ0) is 22.2. The summed E-state index contributed by atoms with van der Waals surface area (Å²) in [5, 5.41) is 5.65.